The second-order valence-electron chi connectivity index (χ2n) is 6.96. The number of nitrogens with zero attached hydrogens (tertiary/aromatic N) is 3. The van der Waals surface area contributed by atoms with Crippen LogP contribution in [-0.2, 0) is 29.3 Å². The molecule has 0 saturated carbocycles. The summed E-state index contributed by atoms with van der Waals surface area (Å²) in [6, 6.07) is 3.88. The van der Waals surface area contributed by atoms with Crippen molar-refractivity contribution < 1.29 is 36.9 Å². The summed E-state index contributed by atoms with van der Waals surface area (Å²) in [5.41, 5.74) is -5.06. The molecular weight excluding hydrogens is 502 g/mol. The average molecular weight is 518 g/mol. The SMILES string of the molecule is CCc1c(Oc2cccnc2OOC(C)=O)cc(-n2c(=O)cc(C(F)(F)F)n(C)c2=O)c(F)c1Cl. The molecule has 186 valence electrons. The fourth-order valence-electron chi connectivity index (χ4n) is 3.06. The standard InChI is InChI=1S/C21H16ClF4N3O6/c1-4-11-14(33-13-6-5-7-27-19(13)35-34-10(2)30)8-12(18(23)17(11)22)29-16(31)9-15(21(24,25)26)28(3)20(29)32/h5-9H,4H2,1-3H3. The molecule has 0 amide bonds. The lowest BCUT2D eigenvalue weighted by Gasteiger charge is -2.18. The quantitative estimate of drug-likeness (QED) is 0.277. The van der Waals surface area contributed by atoms with E-state index in [4.69, 9.17) is 21.2 Å². The van der Waals surface area contributed by atoms with Crippen molar-refractivity contribution >= 4 is 17.6 Å². The van der Waals surface area contributed by atoms with Crippen LogP contribution in [0.4, 0.5) is 17.6 Å². The molecular formula is C21H16ClF4N3O6. The van der Waals surface area contributed by atoms with Gasteiger partial charge in [0.2, 0.25) is 0 Å². The topological polar surface area (TPSA) is 102 Å². The van der Waals surface area contributed by atoms with Gasteiger partial charge in [0.15, 0.2) is 11.6 Å². The number of halogens is 5. The molecule has 2 aromatic heterocycles. The van der Waals surface area contributed by atoms with Gasteiger partial charge in [-0.2, -0.15) is 13.2 Å². The van der Waals surface area contributed by atoms with E-state index in [2.05, 4.69) is 9.87 Å². The van der Waals surface area contributed by atoms with Gasteiger partial charge in [0.05, 0.1) is 10.7 Å². The molecule has 3 aromatic rings. The summed E-state index contributed by atoms with van der Waals surface area (Å²) in [6.07, 6.45) is -3.59. The Morgan fingerprint density at radius 1 is 1.20 bits per heavy atom. The normalized spacial score (nSPS) is 11.3. The van der Waals surface area contributed by atoms with Crippen molar-refractivity contribution in [1.29, 1.82) is 0 Å². The summed E-state index contributed by atoms with van der Waals surface area (Å²) >= 11 is 6.14. The first kappa shape index (κ1) is 25.7. The number of ether oxygens (including phenoxy) is 1. The van der Waals surface area contributed by atoms with Gasteiger partial charge in [-0.1, -0.05) is 18.5 Å². The van der Waals surface area contributed by atoms with Crippen LogP contribution in [0, 0.1) is 5.82 Å². The Labute approximate surface area is 199 Å². The maximum atomic E-state index is 15.2. The molecule has 9 nitrogen and oxygen atoms in total. The van der Waals surface area contributed by atoms with Gasteiger partial charge in [0, 0.05) is 37.9 Å². The molecule has 2 heterocycles. The summed E-state index contributed by atoms with van der Waals surface area (Å²) in [5, 5.41) is -0.528. The molecule has 0 saturated heterocycles. The highest BCUT2D eigenvalue weighted by Gasteiger charge is 2.35. The molecule has 0 unspecified atom stereocenters. The highest BCUT2D eigenvalue weighted by atomic mass is 35.5. The van der Waals surface area contributed by atoms with E-state index < -0.39 is 45.6 Å². The molecule has 14 heteroatoms. The van der Waals surface area contributed by atoms with E-state index >= 15 is 4.39 Å². The number of benzene rings is 1. The van der Waals surface area contributed by atoms with Crippen LogP contribution < -0.4 is 20.9 Å². The lowest BCUT2D eigenvalue weighted by atomic mass is 10.1. The number of carbonyl (C=O) groups is 1. The van der Waals surface area contributed by atoms with E-state index in [0.717, 1.165) is 20.0 Å². The van der Waals surface area contributed by atoms with Gasteiger partial charge in [-0.05, 0) is 18.6 Å². The third-order valence-electron chi connectivity index (χ3n) is 4.65. The molecule has 0 radical (unpaired) electrons. The third kappa shape index (κ3) is 5.14. The van der Waals surface area contributed by atoms with Gasteiger partial charge in [0.1, 0.15) is 11.4 Å². The number of alkyl halides is 3. The van der Waals surface area contributed by atoms with Crippen molar-refractivity contribution in [2.45, 2.75) is 26.4 Å². The Balaban J connectivity index is 2.22. The predicted molar refractivity (Wildman–Crippen MR) is 113 cm³/mol. The van der Waals surface area contributed by atoms with Crippen molar-refractivity contribution in [2.75, 3.05) is 0 Å². The van der Waals surface area contributed by atoms with Crippen LogP contribution in [0.15, 0.2) is 40.1 Å². The Bertz CT molecular complexity index is 1420. The van der Waals surface area contributed by atoms with Gasteiger partial charge in [-0.3, -0.25) is 14.2 Å². The molecule has 35 heavy (non-hydrogen) atoms. The molecule has 0 aliphatic rings. The number of carbonyl (C=O) groups excluding carboxylic acids is 1. The molecule has 0 aliphatic heterocycles. The summed E-state index contributed by atoms with van der Waals surface area (Å²) < 4.78 is 60.7. The minimum atomic E-state index is -5.00. The summed E-state index contributed by atoms with van der Waals surface area (Å²) in [5.74, 6) is -2.60. The first-order valence-electron chi connectivity index (χ1n) is 9.76. The van der Waals surface area contributed by atoms with Crippen LogP contribution in [0.25, 0.3) is 5.69 Å². The van der Waals surface area contributed by atoms with Crippen LogP contribution in [-0.4, -0.2) is 20.1 Å². The largest absolute Gasteiger partial charge is 0.451 e. The molecule has 0 spiro atoms. The molecule has 0 atom stereocenters. The molecule has 3 rings (SSSR count). The van der Waals surface area contributed by atoms with E-state index in [-0.39, 0.29) is 44.6 Å². The van der Waals surface area contributed by atoms with Crippen molar-refractivity contribution in [3.8, 4) is 23.1 Å². The first-order valence-corrected chi connectivity index (χ1v) is 10.1. The van der Waals surface area contributed by atoms with Crippen LogP contribution in [0.3, 0.4) is 0 Å². The van der Waals surface area contributed by atoms with Gasteiger partial charge in [-0.25, -0.2) is 28.4 Å². The van der Waals surface area contributed by atoms with Crippen LogP contribution >= 0.6 is 11.6 Å². The maximum Gasteiger partial charge on any atom is 0.431 e. The van der Waals surface area contributed by atoms with Crippen LogP contribution in [0.2, 0.25) is 5.02 Å². The van der Waals surface area contributed by atoms with Crippen LogP contribution in [0.5, 0.6) is 17.4 Å². The fourth-order valence-corrected chi connectivity index (χ4v) is 3.39. The summed E-state index contributed by atoms with van der Waals surface area (Å²) in [4.78, 5) is 49.2. The number of hydrogen-bond acceptors (Lipinski definition) is 7. The number of aromatic nitrogens is 3. The maximum absolute atomic E-state index is 15.2. The van der Waals surface area contributed by atoms with E-state index in [0.29, 0.717) is 0 Å². The number of hydrogen-bond donors (Lipinski definition) is 0. The molecule has 0 N–H and O–H groups in total. The van der Waals surface area contributed by atoms with E-state index in [9.17, 15) is 27.6 Å². The van der Waals surface area contributed by atoms with Gasteiger partial charge in [0.25, 0.3) is 5.56 Å². The second-order valence-corrected chi connectivity index (χ2v) is 7.34. The lowest BCUT2D eigenvalue weighted by molar-refractivity contribution is -0.212. The van der Waals surface area contributed by atoms with Gasteiger partial charge < -0.3 is 4.74 Å². The Kier molecular flexibility index (Phi) is 7.19. The molecule has 0 aliphatic carbocycles. The zero-order valence-corrected chi connectivity index (χ0v) is 19.0. The van der Waals surface area contributed by atoms with Crippen molar-refractivity contribution in [1.82, 2.24) is 14.1 Å². The predicted octanol–water partition coefficient (Wildman–Crippen LogP) is 3.95. The molecule has 1 aromatic carbocycles. The number of rotatable bonds is 6. The first-order chi connectivity index (χ1) is 16.4. The Morgan fingerprint density at radius 3 is 2.49 bits per heavy atom. The minimum absolute atomic E-state index is 0.104. The Morgan fingerprint density at radius 2 is 1.89 bits per heavy atom. The van der Waals surface area contributed by atoms with Crippen LogP contribution in [0.1, 0.15) is 25.1 Å². The third-order valence-corrected chi connectivity index (χ3v) is 5.04. The summed E-state index contributed by atoms with van der Waals surface area (Å²) in [7, 11) is 0.784. The van der Waals surface area contributed by atoms with E-state index in [1.54, 1.807) is 6.92 Å². The molecule has 0 bridgehead atoms. The van der Waals surface area contributed by atoms with Crippen molar-refractivity contribution in [2.24, 2.45) is 7.05 Å². The smallest absolute Gasteiger partial charge is 0.431 e. The highest BCUT2D eigenvalue weighted by Crippen LogP contribution is 2.38. The van der Waals surface area contributed by atoms with Crippen molar-refractivity contribution in [3.05, 3.63) is 73.4 Å². The molecule has 0 fully saturated rings. The Hall–Kier alpha value is -3.87. The average Bonchev–Trinajstić information content (AvgIpc) is 2.78. The monoisotopic (exact) mass is 517 g/mol. The van der Waals surface area contributed by atoms with E-state index in [1.165, 1.54) is 18.3 Å². The van der Waals surface area contributed by atoms with Crippen molar-refractivity contribution in [3.63, 3.8) is 0 Å². The van der Waals surface area contributed by atoms with E-state index in [1.807, 2.05) is 0 Å². The zero-order chi connectivity index (χ0) is 26.1. The lowest BCUT2D eigenvalue weighted by Crippen LogP contribution is -2.41. The van der Waals surface area contributed by atoms with Gasteiger partial charge >= 0.3 is 23.7 Å². The van der Waals surface area contributed by atoms with Gasteiger partial charge in [-0.15, -0.1) is 0 Å². The second kappa shape index (κ2) is 9.78. The number of pyridine rings is 1. The highest BCUT2D eigenvalue weighted by molar-refractivity contribution is 6.32. The summed E-state index contributed by atoms with van der Waals surface area (Å²) in [6.45, 7) is 2.68. The zero-order valence-electron chi connectivity index (χ0n) is 18.3. The fraction of sp³-hybridized carbons (Fsp3) is 0.238. The minimum Gasteiger partial charge on any atom is -0.451 e.